The number of halogens is 3. The van der Waals surface area contributed by atoms with E-state index < -0.39 is 23.7 Å². The molecule has 2 aromatic carbocycles. The van der Waals surface area contributed by atoms with Gasteiger partial charge in [0.2, 0.25) is 5.91 Å². The van der Waals surface area contributed by atoms with E-state index in [1.165, 1.54) is 12.1 Å². The summed E-state index contributed by atoms with van der Waals surface area (Å²) in [5, 5.41) is 10.00. The van der Waals surface area contributed by atoms with E-state index in [0.717, 1.165) is 5.56 Å². The zero-order valence-electron chi connectivity index (χ0n) is 15.9. The molecule has 1 amide bonds. The highest BCUT2D eigenvalue weighted by atomic mass is 35.5. The summed E-state index contributed by atoms with van der Waals surface area (Å²) in [6.07, 6.45) is -0.00455. The number of hydrogen-bond donors (Lipinski definition) is 1. The van der Waals surface area contributed by atoms with Crippen molar-refractivity contribution in [2.24, 2.45) is 0 Å². The van der Waals surface area contributed by atoms with Crippen LogP contribution in [0.5, 0.6) is 5.75 Å². The molecule has 0 spiro atoms. The third-order valence-electron chi connectivity index (χ3n) is 5.97. The normalized spacial score (nSPS) is 25.6. The first kappa shape index (κ1) is 20.1. The van der Waals surface area contributed by atoms with E-state index >= 15 is 0 Å². The molecule has 2 aliphatic rings. The Morgan fingerprint density at radius 3 is 2.55 bits per heavy atom. The van der Waals surface area contributed by atoms with Crippen LogP contribution in [0.15, 0.2) is 42.5 Å². The van der Waals surface area contributed by atoms with Crippen LogP contribution >= 0.6 is 11.6 Å². The molecule has 0 bridgehead atoms. The first-order valence-electron chi connectivity index (χ1n) is 9.82. The molecule has 3 atom stereocenters. The molecule has 1 N–H and O–H groups in total. The molecule has 1 unspecified atom stereocenters. The van der Waals surface area contributed by atoms with Crippen LogP contribution in [0.1, 0.15) is 29.9 Å². The summed E-state index contributed by atoms with van der Waals surface area (Å²) in [7, 11) is 0. The van der Waals surface area contributed by atoms with E-state index in [4.69, 9.17) is 11.6 Å². The quantitative estimate of drug-likeness (QED) is 0.809. The average Bonchev–Trinajstić information content (AvgIpc) is 3.06. The van der Waals surface area contributed by atoms with Crippen molar-refractivity contribution in [3.63, 3.8) is 0 Å². The fourth-order valence-corrected chi connectivity index (χ4v) is 4.50. The lowest BCUT2D eigenvalue weighted by molar-refractivity contribution is -0.133. The highest BCUT2D eigenvalue weighted by molar-refractivity contribution is 6.30. The number of benzene rings is 2. The number of nitrogens with zero attached hydrogens (tertiary/aromatic N) is 2. The molecule has 7 heteroatoms. The number of piperidine rings is 1. The third kappa shape index (κ3) is 4.23. The second-order valence-electron chi connectivity index (χ2n) is 7.81. The maximum Gasteiger partial charge on any atom is 0.240 e. The van der Waals surface area contributed by atoms with Gasteiger partial charge in [0.25, 0.3) is 0 Å². The molecular formula is C22H23ClF2N2O2. The number of rotatable bonds is 4. The van der Waals surface area contributed by atoms with Crippen molar-refractivity contribution in [3.05, 3.63) is 64.4 Å². The molecule has 2 aliphatic heterocycles. The molecule has 0 radical (unpaired) electrons. The minimum Gasteiger partial charge on any atom is -0.505 e. The molecule has 0 aliphatic carbocycles. The zero-order valence-corrected chi connectivity index (χ0v) is 16.7. The number of amides is 1. The first-order chi connectivity index (χ1) is 13.9. The molecule has 2 fully saturated rings. The highest BCUT2D eigenvalue weighted by Crippen LogP contribution is 2.34. The maximum atomic E-state index is 14.9. The van der Waals surface area contributed by atoms with Crippen molar-refractivity contribution < 1.29 is 18.7 Å². The number of phenolic OH excluding ortho intramolecular Hbond substituents is 1. The number of carbonyl (C=O) groups excluding carboxylic acids is 1. The molecule has 2 heterocycles. The molecule has 2 aromatic rings. The van der Waals surface area contributed by atoms with E-state index in [1.807, 2.05) is 21.9 Å². The van der Waals surface area contributed by atoms with Crippen LogP contribution in [0, 0.1) is 5.82 Å². The van der Waals surface area contributed by atoms with Crippen molar-refractivity contribution in [1.82, 2.24) is 9.80 Å². The van der Waals surface area contributed by atoms with Crippen LogP contribution in [0.3, 0.4) is 0 Å². The molecule has 29 heavy (non-hydrogen) atoms. The monoisotopic (exact) mass is 420 g/mol. The minimum absolute atomic E-state index is 0.0290. The van der Waals surface area contributed by atoms with Crippen molar-refractivity contribution in [1.29, 1.82) is 0 Å². The van der Waals surface area contributed by atoms with E-state index in [1.54, 1.807) is 18.2 Å². The van der Waals surface area contributed by atoms with Gasteiger partial charge in [-0.25, -0.2) is 8.78 Å². The van der Waals surface area contributed by atoms with Gasteiger partial charge >= 0.3 is 0 Å². The van der Waals surface area contributed by atoms with Crippen LogP contribution in [-0.4, -0.2) is 52.7 Å². The van der Waals surface area contributed by atoms with Gasteiger partial charge in [-0.3, -0.25) is 9.69 Å². The van der Waals surface area contributed by atoms with E-state index in [-0.39, 0.29) is 18.5 Å². The Balaban J connectivity index is 1.38. The SMILES string of the molecule is O=C1C(N2CC[C@@H](c3ccc(O)c(F)c3)[C@H](F)C2)CCN1Cc1ccc(Cl)cc1. The number of phenols is 1. The number of aromatic hydroxyl groups is 1. The van der Waals surface area contributed by atoms with Crippen molar-refractivity contribution >= 4 is 17.5 Å². The molecule has 0 aromatic heterocycles. The lowest BCUT2D eigenvalue weighted by Gasteiger charge is -2.37. The fraction of sp³-hybridized carbons (Fsp3) is 0.409. The summed E-state index contributed by atoms with van der Waals surface area (Å²) in [6, 6.07) is 11.2. The standard InChI is InChI=1S/C22H23ClF2N2O2/c23-16-4-1-14(2-5-16)12-27-10-8-20(22(27)29)26-9-7-17(19(25)13-26)15-3-6-21(28)18(24)11-15/h1-6,11,17,19-20,28H,7-10,12-13H2/t17-,19+,20?/m0/s1. The summed E-state index contributed by atoms with van der Waals surface area (Å²) in [6.45, 7) is 1.90. The van der Waals surface area contributed by atoms with Gasteiger partial charge < -0.3 is 10.0 Å². The second-order valence-corrected chi connectivity index (χ2v) is 8.24. The lowest BCUT2D eigenvalue weighted by atomic mass is 9.87. The van der Waals surface area contributed by atoms with E-state index in [9.17, 15) is 18.7 Å². The minimum atomic E-state index is -1.19. The van der Waals surface area contributed by atoms with Crippen molar-refractivity contribution in [2.45, 2.75) is 37.5 Å². The Hall–Kier alpha value is -2.18. The molecule has 154 valence electrons. The van der Waals surface area contributed by atoms with Crippen molar-refractivity contribution in [3.8, 4) is 5.75 Å². The maximum absolute atomic E-state index is 14.9. The largest absolute Gasteiger partial charge is 0.505 e. The zero-order chi connectivity index (χ0) is 20.5. The van der Waals surface area contributed by atoms with Crippen LogP contribution in [0.4, 0.5) is 8.78 Å². The van der Waals surface area contributed by atoms with Crippen molar-refractivity contribution in [2.75, 3.05) is 19.6 Å². The van der Waals surface area contributed by atoms with E-state index in [0.29, 0.717) is 43.1 Å². The van der Waals surface area contributed by atoms with Gasteiger partial charge in [0.1, 0.15) is 6.17 Å². The summed E-state index contributed by atoms with van der Waals surface area (Å²) < 4.78 is 28.6. The van der Waals surface area contributed by atoms with Crippen LogP contribution in [0.2, 0.25) is 5.02 Å². The second kappa shape index (κ2) is 8.28. The number of carbonyl (C=O) groups is 1. The Labute approximate surface area is 173 Å². The van der Waals surface area contributed by atoms with Gasteiger partial charge in [-0.05, 0) is 54.8 Å². The predicted molar refractivity (Wildman–Crippen MR) is 107 cm³/mol. The van der Waals surface area contributed by atoms with Crippen LogP contribution in [-0.2, 0) is 11.3 Å². The first-order valence-corrected chi connectivity index (χ1v) is 10.2. The van der Waals surface area contributed by atoms with Gasteiger partial charge in [0.15, 0.2) is 11.6 Å². The molecular weight excluding hydrogens is 398 g/mol. The van der Waals surface area contributed by atoms with Gasteiger partial charge in [0, 0.05) is 30.6 Å². The molecule has 4 rings (SSSR count). The average molecular weight is 421 g/mol. The summed E-state index contributed by atoms with van der Waals surface area (Å²) >= 11 is 5.91. The highest BCUT2D eigenvalue weighted by Gasteiger charge is 2.40. The van der Waals surface area contributed by atoms with Gasteiger partial charge in [0.05, 0.1) is 6.04 Å². The summed E-state index contributed by atoms with van der Waals surface area (Å²) in [5.41, 5.74) is 1.56. The Morgan fingerprint density at radius 2 is 1.86 bits per heavy atom. The number of likely N-dealkylation sites (tertiary alicyclic amines) is 2. The summed E-state index contributed by atoms with van der Waals surface area (Å²) in [5.74, 6) is -1.57. The fourth-order valence-electron chi connectivity index (χ4n) is 4.37. The molecule has 4 nitrogen and oxygen atoms in total. The molecule has 0 saturated carbocycles. The number of hydrogen-bond acceptors (Lipinski definition) is 3. The van der Waals surface area contributed by atoms with Gasteiger partial charge in [-0.2, -0.15) is 0 Å². The lowest BCUT2D eigenvalue weighted by Crippen LogP contribution is -2.49. The molecule has 2 saturated heterocycles. The summed E-state index contributed by atoms with van der Waals surface area (Å²) in [4.78, 5) is 16.6. The Bertz CT molecular complexity index is 893. The van der Waals surface area contributed by atoms with Crippen LogP contribution < -0.4 is 0 Å². The smallest absolute Gasteiger partial charge is 0.240 e. The predicted octanol–water partition coefficient (Wildman–Crippen LogP) is 4.11. The Kier molecular flexibility index (Phi) is 5.74. The van der Waals surface area contributed by atoms with Gasteiger partial charge in [-0.15, -0.1) is 0 Å². The van der Waals surface area contributed by atoms with E-state index in [2.05, 4.69) is 0 Å². The van der Waals surface area contributed by atoms with Gasteiger partial charge in [-0.1, -0.05) is 29.8 Å². The number of alkyl halides is 1. The Morgan fingerprint density at radius 1 is 1.10 bits per heavy atom. The van der Waals surface area contributed by atoms with Crippen LogP contribution in [0.25, 0.3) is 0 Å². The topological polar surface area (TPSA) is 43.8 Å². The third-order valence-corrected chi connectivity index (χ3v) is 6.22.